The summed E-state index contributed by atoms with van der Waals surface area (Å²) in [6.45, 7) is 1.18. The van der Waals surface area contributed by atoms with Crippen molar-refractivity contribution < 1.29 is 4.79 Å². The first kappa shape index (κ1) is 13.1. The van der Waals surface area contributed by atoms with Crippen molar-refractivity contribution in [3.8, 4) is 0 Å². The molecule has 0 atom stereocenters. The molecule has 1 heterocycles. The van der Waals surface area contributed by atoms with Crippen LogP contribution in [0.1, 0.15) is 24.1 Å². The first-order chi connectivity index (χ1) is 8.16. The Bertz CT molecular complexity index is 395. The summed E-state index contributed by atoms with van der Waals surface area (Å²) < 4.78 is 1.14. The Morgan fingerprint density at radius 2 is 2.29 bits per heavy atom. The fourth-order valence-corrected chi connectivity index (χ4v) is 3.58. The maximum absolute atomic E-state index is 12.0. The summed E-state index contributed by atoms with van der Waals surface area (Å²) in [5, 5.41) is 3.01. The van der Waals surface area contributed by atoms with E-state index >= 15 is 0 Å². The molecule has 1 aromatic rings. The van der Waals surface area contributed by atoms with Gasteiger partial charge in [-0.25, -0.2) is 0 Å². The van der Waals surface area contributed by atoms with Crippen LogP contribution in [0.25, 0.3) is 0 Å². The molecule has 1 saturated carbocycles. The van der Waals surface area contributed by atoms with E-state index in [9.17, 15) is 4.79 Å². The van der Waals surface area contributed by atoms with Crippen LogP contribution in [0.3, 0.4) is 0 Å². The Morgan fingerprint density at radius 3 is 2.76 bits per heavy atom. The van der Waals surface area contributed by atoms with Gasteiger partial charge < -0.3 is 11.1 Å². The lowest BCUT2D eigenvalue weighted by Gasteiger charge is -2.39. The number of rotatable bonds is 5. The standard InChI is InChI=1S/C12H17BrN2OS/c13-10-3-2-9(17-10)4-7-15-11(16)12(8-14)5-1-6-12/h2-3H,1,4-8,14H2,(H,15,16). The molecule has 1 fully saturated rings. The Morgan fingerprint density at radius 1 is 1.53 bits per heavy atom. The van der Waals surface area contributed by atoms with Crippen LogP contribution >= 0.6 is 27.3 Å². The van der Waals surface area contributed by atoms with Crippen LogP contribution in [-0.2, 0) is 11.2 Å². The highest BCUT2D eigenvalue weighted by molar-refractivity contribution is 9.11. The van der Waals surface area contributed by atoms with E-state index in [1.165, 1.54) is 4.88 Å². The maximum Gasteiger partial charge on any atom is 0.227 e. The summed E-state index contributed by atoms with van der Waals surface area (Å²) in [5.74, 6) is 0.141. The minimum Gasteiger partial charge on any atom is -0.355 e. The Hall–Kier alpha value is -0.390. The van der Waals surface area contributed by atoms with Crippen molar-refractivity contribution in [1.29, 1.82) is 0 Å². The molecule has 0 spiro atoms. The quantitative estimate of drug-likeness (QED) is 0.875. The average molecular weight is 317 g/mol. The van der Waals surface area contributed by atoms with Gasteiger partial charge in [-0.1, -0.05) is 6.42 Å². The van der Waals surface area contributed by atoms with Crippen LogP contribution < -0.4 is 11.1 Å². The van der Waals surface area contributed by atoms with Gasteiger partial charge in [0.15, 0.2) is 0 Å². The zero-order valence-electron chi connectivity index (χ0n) is 9.67. The summed E-state index contributed by atoms with van der Waals surface area (Å²) in [6, 6.07) is 4.12. The fourth-order valence-electron chi connectivity index (χ4n) is 2.10. The largest absolute Gasteiger partial charge is 0.355 e. The van der Waals surface area contributed by atoms with E-state index < -0.39 is 0 Å². The number of halogens is 1. The summed E-state index contributed by atoms with van der Waals surface area (Å²) in [5.41, 5.74) is 5.44. The molecule has 1 amide bonds. The highest BCUT2D eigenvalue weighted by Gasteiger charge is 2.42. The summed E-state index contributed by atoms with van der Waals surface area (Å²) in [7, 11) is 0. The van der Waals surface area contributed by atoms with Gasteiger partial charge in [-0.2, -0.15) is 0 Å². The van der Waals surface area contributed by atoms with Crippen molar-refractivity contribution in [2.24, 2.45) is 11.1 Å². The van der Waals surface area contributed by atoms with Crippen molar-refractivity contribution in [2.75, 3.05) is 13.1 Å². The second-order valence-corrected chi connectivity index (χ2v) is 7.10. The number of thiophene rings is 1. The topological polar surface area (TPSA) is 55.1 Å². The molecule has 1 aromatic heterocycles. The lowest BCUT2D eigenvalue weighted by molar-refractivity contribution is -0.135. The van der Waals surface area contributed by atoms with E-state index in [0.717, 1.165) is 29.5 Å². The molecule has 0 saturated heterocycles. The van der Waals surface area contributed by atoms with Gasteiger partial charge in [-0.3, -0.25) is 4.79 Å². The molecule has 1 aliphatic rings. The van der Waals surface area contributed by atoms with Crippen molar-refractivity contribution in [3.63, 3.8) is 0 Å². The van der Waals surface area contributed by atoms with Crippen LogP contribution in [-0.4, -0.2) is 19.0 Å². The molecule has 0 aromatic carbocycles. The molecule has 1 aliphatic carbocycles. The number of nitrogens with two attached hydrogens (primary N) is 1. The van der Waals surface area contributed by atoms with Crippen molar-refractivity contribution in [1.82, 2.24) is 5.32 Å². The molecule has 0 bridgehead atoms. The van der Waals surface area contributed by atoms with Gasteiger partial charge in [0.1, 0.15) is 0 Å². The molecule has 0 radical (unpaired) electrons. The number of hydrogen-bond acceptors (Lipinski definition) is 3. The van der Waals surface area contributed by atoms with Gasteiger partial charge in [0.2, 0.25) is 5.91 Å². The van der Waals surface area contributed by atoms with Gasteiger partial charge in [-0.05, 0) is 47.3 Å². The molecule has 0 unspecified atom stereocenters. The zero-order valence-corrected chi connectivity index (χ0v) is 12.1. The Labute approximate surface area is 114 Å². The number of hydrogen-bond donors (Lipinski definition) is 2. The van der Waals surface area contributed by atoms with Crippen LogP contribution in [0.15, 0.2) is 15.9 Å². The van der Waals surface area contributed by atoms with Crippen LogP contribution in [0.5, 0.6) is 0 Å². The lowest BCUT2D eigenvalue weighted by Crippen LogP contribution is -2.50. The van der Waals surface area contributed by atoms with Crippen molar-refractivity contribution in [2.45, 2.75) is 25.7 Å². The molecule has 3 nitrogen and oxygen atoms in total. The third-order valence-electron chi connectivity index (χ3n) is 3.47. The first-order valence-electron chi connectivity index (χ1n) is 5.89. The van der Waals surface area contributed by atoms with Gasteiger partial charge >= 0.3 is 0 Å². The zero-order chi connectivity index (χ0) is 12.3. The molecular weight excluding hydrogens is 300 g/mol. The monoisotopic (exact) mass is 316 g/mol. The molecule has 17 heavy (non-hydrogen) atoms. The smallest absolute Gasteiger partial charge is 0.227 e. The number of amides is 1. The SMILES string of the molecule is NCC1(C(=O)NCCc2ccc(Br)s2)CCC1. The Balaban J connectivity index is 1.77. The average Bonchev–Trinajstić information content (AvgIpc) is 2.63. The molecule has 5 heteroatoms. The minimum absolute atomic E-state index is 0.141. The molecule has 0 aliphatic heterocycles. The molecule has 2 rings (SSSR count). The van der Waals surface area contributed by atoms with Crippen LogP contribution in [0, 0.1) is 5.41 Å². The first-order valence-corrected chi connectivity index (χ1v) is 7.50. The van der Waals surface area contributed by atoms with Crippen molar-refractivity contribution >= 4 is 33.2 Å². The maximum atomic E-state index is 12.0. The second kappa shape index (κ2) is 5.50. The number of carbonyl (C=O) groups excluding carboxylic acids is 1. The number of carbonyl (C=O) groups is 1. The highest BCUT2D eigenvalue weighted by atomic mass is 79.9. The van der Waals surface area contributed by atoms with E-state index in [1.807, 2.05) is 6.07 Å². The second-order valence-electron chi connectivity index (χ2n) is 4.55. The van der Waals surface area contributed by atoms with Crippen molar-refractivity contribution in [3.05, 3.63) is 20.8 Å². The highest BCUT2D eigenvalue weighted by Crippen LogP contribution is 2.39. The van der Waals surface area contributed by atoms with Gasteiger partial charge in [0.25, 0.3) is 0 Å². The van der Waals surface area contributed by atoms with E-state index in [2.05, 4.69) is 27.3 Å². The third-order valence-corrected chi connectivity index (χ3v) is 5.15. The lowest BCUT2D eigenvalue weighted by atomic mass is 9.68. The van der Waals surface area contributed by atoms with Gasteiger partial charge in [0, 0.05) is 18.0 Å². The van der Waals surface area contributed by atoms with E-state index in [4.69, 9.17) is 5.73 Å². The fraction of sp³-hybridized carbons (Fsp3) is 0.583. The van der Waals surface area contributed by atoms with E-state index in [-0.39, 0.29) is 11.3 Å². The van der Waals surface area contributed by atoms with E-state index in [0.29, 0.717) is 13.1 Å². The normalized spacial score (nSPS) is 17.5. The minimum atomic E-state index is -0.254. The van der Waals surface area contributed by atoms with Gasteiger partial charge in [-0.15, -0.1) is 11.3 Å². The molecule has 3 N–H and O–H groups in total. The van der Waals surface area contributed by atoms with Crippen LogP contribution in [0.4, 0.5) is 0 Å². The Kier molecular flexibility index (Phi) is 4.22. The molecule has 94 valence electrons. The van der Waals surface area contributed by atoms with Gasteiger partial charge in [0.05, 0.1) is 9.20 Å². The predicted octanol–water partition coefficient (Wildman–Crippen LogP) is 2.30. The van der Waals surface area contributed by atoms with E-state index in [1.54, 1.807) is 11.3 Å². The summed E-state index contributed by atoms with van der Waals surface area (Å²) in [4.78, 5) is 13.3. The molecular formula is C12H17BrN2OS. The number of nitrogens with one attached hydrogen (secondary N) is 1. The summed E-state index contributed by atoms with van der Waals surface area (Å²) >= 11 is 5.14. The summed E-state index contributed by atoms with van der Waals surface area (Å²) in [6.07, 6.45) is 3.91. The van der Waals surface area contributed by atoms with Crippen LogP contribution in [0.2, 0.25) is 0 Å². The predicted molar refractivity (Wildman–Crippen MR) is 74.1 cm³/mol. The third kappa shape index (κ3) is 2.89.